The number of hydrogen-bond acceptors (Lipinski definition) is 2. The van der Waals surface area contributed by atoms with E-state index in [0.717, 1.165) is 10.0 Å². The van der Waals surface area contributed by atoms with Crippen molar-refractivity contribution in [2.24, 2.45) is 0 Å². The molecule has 0 aliphatic carbocycles. The molecule has 98 valence electrons. The SMILES string of the molecule is COc1ccc(C(=O)Cc2ccccc2Cl)c(Br)c1. The molecule has 0 atom stereocenters. The van der Waals surface area contributed by atoms with Crippen LogP contribution < -0.4 is 4.74 Å². The highest BCUT2D eigenvalue weighted by Gasteiger charge is 2.13. The molecule has 0 aliphatic heterocycles. The molecule has 0 radical (unpaired) electrons. The lowest BCUT2D eigenvalue weighted by atomic mass is 10.0. The molecule has 0 unspecified atom stereocenters. The van der Waals surface area contributed by atoms with Crippen LogP contribution in [-0.2, 0) is 6.42 Å². The van der Waals surface area contributed by atoms with E-state index in [1.165, 1.54) is 0 Å². The number of Topliss-reactive ketones (excluding diaryl/α,β-unsaturated/α-hetero) is 1. The van der Waals surface area contributed by atoms with Gasteiger partial charge in [-0.25, -0.2) is 0 Å². The van der Waals surface area contributed by atoms with Crippen LogP contribution in [0.2, 0.25) is 5.02 Å². The first-order valence-corrected chi connectivity index (χ1v) is 6.89. The first-order chi connectivity index (χ1) is 9.11. The molecule has 2 nitrogen and oxygen atoms in total. The number of methoxy groups -OCH3 is 1. The highest BCUT2D eigenvalue weighted by atomic mass is 79.9. The average Bonchev–Trinajstić information content (AvgIpc) is 2.41. The van der Waals surface area contributed by atoms with E-state index >= 15 is 0 Å². The van der Waals surface area contributed by atoms with Gasteiger partial charge >= 0.3 is 0 Å². The number of halogens is 2. The van der Waals surface area contributed by atoms with Crippen molar-refractivity contribution < 1.29 is 9.53 Å². The van der Waals surface area contributed by atoms with Crippen molar-refractivity contribution in [1.82, 2.24) is 0 Å². The molecular weight excluding hydrogens is 328 g/mol. The van der Waals surface area contributed by atoms with E-state index < -0.39 is 0 Å². The second-order valence-electron chi connectivity index (χ2n) is 4.04. The predicted molar refractivity (Wildman–Crippen MR) is 80.2 cm³/mol. The second kappa shape index (κ2) is 6.22. The molecule has 2 aromatic carbocycles. The normalized spacial score (nSPS) is 10.3. The average molecular weight is 340 g/mol. The summed E-state index contributed by atoms with van der Waals surface area (Å²) in [6.07, 6.45) is 0.282. The number of ether oxygens (including phenoxy) is 1. The van der Waals surface area contributed by atoms with Gasteiger partial charge < -0.3 is 4.74 Å². The van der Waals surface area contributed by atoms with Gasteiger partial charge in [-0.05, 0) is 45.8 Å². The monoisotopic (exact) mass is 338 g/mol. The largest absolute Gasteiger partial charge is 0.497 e. The summed E-state index contributed by atoms with van der Waals surface area (Å²) in [5.74, 6) is 0.726. The molecule has 0 aliphatic rings. The molecule has 0 spiro atoms. The van der Waals surface area contributed by atoms with Crippen LogP contribution in [-0.4, -0.2) is 12.9 Å². The smallest absolute Gasteiger partial charge is 0.168 e. The summed E-state index contributed by atoms with van der Waals surface area (Å²) in [4.78, 5) is 12.3. The molecule has 0 N–H and O–H groups in total. The Morgan fingerprint density at radius 1 is 1.26 bits per heavy atom. The Kier molecular flexibility index (Phi) is 4.61. The molecule has 2 aromatic rings. The zero-order valence-corrected chi connectivity index (χ0v) is 12.7. The van der Waals surface area contributed by atoms with Gasteiger partial charge in [-0.2, -0.15) is 0 Å². The van der Waals surface area contributed by atoms with Crippen LogP contribution >= 0.6 is 27.5 Å². The zero-order valence-electron chi connectivity index (χ0n) is 10.3. The number of ketones is 1. The molecule has 0 saturated carbocycles. The van der Waals surface area contributed by atoms with Gasteiger partial charge in [0, 0.05) is 21.5 Å². The van der Waals surface area contributed by atoms with Crippen molar-refractivity contribution in [2.75, 3.05) is 7.11 Å². The van der Waals surface area contributed by atoms with Crippen molar-refractivity contribution >= 4 is 33.3 Å². The molecule has 19 heavy (non-hydrogen) atoms. The van der Waals surface area contributed by atoms with Crippen molar-refractivity contribution in [2.45, 2.75) is 6.42 Å². The van der Waals surface area contributed by atoms with Gasteiger partial charge in [0.25, 0.3) is 0 Å². The van der Waals surface area contributed by atoms with Crippen molar-refractivity contribution in [3.05, 3.63) is 63.1 Å². The molecule has 0 amide bonds. The van der Waals surface area contributed by atoms with Crippen LogP contribution in [0.3, 0.4) is 0 Å². The van der Waals surface area contributed by atoms with E-state index in [-0.39, 0.29) is 12.2 Å². The minimum atomic E-state index is 0.0163. The van der Waals surface area contributed by atoms with Crippen LogP contribution in [0.4, 0.5) is 0 Å². The van der Waals surface area contributed by atoms with E-state index in [4.69, 9.17) is 16.3 Å². The summed E-state index contributed by atoms with van der Waals surface area (Å²) < 4.78 is 5.83. The number of carbonyl (C=O) groups excluding carboxylic acids is 1. The van der Waals surface area contributed by atoms with Crippen LogP contribution in [0.15, 0.2) is 46.9 Å². The lowest BCUT2D eigenvalue weighted by Crippen LogP contribution is -2.05. The van der Waals surface area contributed by atoms with Crippen LogP contribution in [0, 0.1) is 0 Å². The Hall–Kier alpha value is -1.32. The first-order valence-electron chi connectivity index (χ1n) is 5.72. The van der Waals surface area contributed by atoms with Gasteiger partial charge in [0.2, 0.25) is 0 Å². The van der Waals surface area contributed by atoms with E-state index in [0.29, 0.717) is 16.3 Å². The molecule has 0 bridgehead atoms. The topological polar surface area (TPSA) is 26.3 Å². The number of benzene rings is 2. The number of rotatable bonds is 4. The van der Waals surface area contributed by atoms with Crippen LogP contribution in [0.5, 0.6) is 5.75 Å². The van der Waals surface area contributed by atoms with Crippen molar-refractivity contribution in [1.29, 1.82) is 0 Å². The molecule has 2 rings (SSSR count). The second-order valence-corrected chi connectivity index (χ2v) is 5.30. The third-order valence-electron chi connectivity index (χ3n) is 2.79. The highest BCUT2D eigenvalue weighted by molar-refractivity contribution is 9.10. The molecular formula is C15H12BrClO2. The molecule has 0 aromatic heterocycles. The maximum absolute atomic E-state index is 12.3. The minimum absolute atomic E-state index is 0.0163. The third-order valence-corrected chi connectivity index (χ3v) is 3.81. The number of hydrogen-bond donors (Lipinski definition) is 0. The summed E-state index contributed by atoms with van der Waals surface area (Å²) in [5.41, 5.74) is 1.46. The summed E-state index contributed by atoms with van der Waals surface area (Å²) >= 11 is 9.45. The van der Waals surface area contributed by atoms with E-state index in [1.54, 1.807) is 31.4 Å². The van der Waals surface area contributed by atoms with E-state index in [9.17, 15) is 4.79 Å². The quantitative estimate of drug-likeness (QED) is 0.765. The molecule has 0 fully saturated rings. The lowest BCUT2D eigenvalue weighted by molar-refractivity contribution is 0.0992. The predicted octanol–water partition coefficient (Wildman–Crippen LogP) is 4.54. The maximum Gasteiger partial charge on any atom is 0.168 e. The lowest BCUT2D eigenvalue weighted by Gasteiger charge is -2.07. The fourth-order valence-corrected chi connectivity index (χ4v) is 2.54. The Morgan fingerprint density at radius 2 is 2.00 bits per heavy atom. The Bertz CT molecular complexity index is 611. The third kappa shape index (κ3) is 3.37. The fraction of sp³-hybridized carbons (Fsp3) is 0.133. The van der Waals surface area contributed by atoms with Crippen LogP contribution in [0.25, 0.3) is 0 Å². The molecule has 4 heteroatoms. The van der Waals surface area contributed by atoms with Gasteiger partial charge in [-0.3, -0.25) is 4.79 Å². The molecule has 0 saturated heterocycles. The maximum atomic E-state index is 12.3. The minimum Gasteiger partial charge on any atom is -0.497 e. The summed E-state index contributed by atoms with van der Waals surface area (Å²) in [5, 5.41) is 0.612. The van der Waals surface area contributed by atoms with Crippen molar-refractivity contribution in [3.8, 4) is 5.75 Å². The van der Waals surface area contributed by atoms with Gasteiger partial charge in [-0.1, -0.05) is 29.8 Å². The summed E-state index contributed by atoms with van der Waals surface area (Å²) in [7, 11) is 1.59. The summed E-state index contributed by atoms with van der Waals surface area (Å²) in [6, 6.07) is 12.7. The standard InChI is InChI=1S/C15H12BrClO2/c1-19-11-6-7-12(13(16)9-11)15(18)8-10-4-2-3-5-14(10)17/h2-7,9H,8H2,1H3. The van der Waals surface area contributed by atoms with E-state index in [1.807, 2.05) is 18.2 Å². The number of carbonyl (C=O) groups is 1. The molecule has 0 heterocycles. The Morgan fingerprint density at radius 3 is 2.63 bits per heavy atom. The van der Waals surface area contributed by atoms with E-state index in [2.05, 4.69) is 15.9 Å². The van der Waals surface area contributed by atoms with Gasteiger partial charge in [0.1, 0.15) is 5.75 Å². The van der Waals surface area contributed by atoms with Crippen molar-refractivity contribution in [3.63, 3.8) is 0 Å². The van der Waals surface area contributed by atoms with Crippen LogP contribution in [0.1, 0.15) is 15.9 Å². The fourth-order valence-electron chi connectivity index (χ4n) is 1.76. The highest BCUT2D eigenvalue weighted by Crippen LogP contribution is 2.25. The first kappa shape index (κ1) is 14.1. The Labute approximate surface area is 125 Å². The summed E-state index contributed by atoms with van der Waals surface area (Å²) in [6.45, 7) is 0. The Balaban J connectivity index is 2.23. The zero-order chi connectivity index (χ0) is 13.8. The van der Waals surface area contributed by atoms with Gasteiger partial charge in [0.15, 0.2) is 5.78 Å². The van der Waals surface area contributed by atoms with Gasteiger partial charge in [0.05, 0.1) is 7.11 Å². The van der Waals surface area contributed by atoms with Gasteiger partial charge in [-0.15, -0.1) is 0 Å².